The van der Waals surface area contributed by atoms with Gasteiger partial charge in [0.2, 0.25) is 0 Å². The molecule has 0 saturated heterocycles. The number of nitrogens with zero attached hydrogens (tertiary/aromatic N) is 1. The van der Waals surface area contributed by atoms with Gasteiger partial charge in [-0.25, -0.2) is 4.98 Å². The third-order valence-corrected chi connectivity index (χ3v) is 3.29. The second-order valence-corrected chi connectivity index (χ2v) is 4.72. The van der Waals surface area contributed by atoms with Crippen LogP contribution in [0.5, 0.6) is 0 Å². The van der Waals surface area contributed by atoms with E-state index >= 15 is 0 Å². The second kappa shape index (κ2) is 4.11. The van der Waals surface area contributed by atoms with Crippen molar-refractivity contribution in [1.82, 2.24) is 4.98 Å². The Morgan fingerprint density at radius 3 is 2.80 bits per heavy atom. The molecule has 1 heterocycles. The lowest BCUT2D eigenvalue weighted by molar-refractivity contribution is 0.0498. The van der Waals surface area contributed by atoms with Crippen molar-refractivity contribution in [2.75, 3.05) is 0 Å². The Morgan fingerprint density at radius 2 is 2.20 bits per heavy atom. The van der Waals surface area contributed by atoms with Crippen LogP contribution >= 0.6 is 11.6 Å². The van der Waals surface area contributed by atoms with Crippen LogP contribution in [0.15, 0.2) is 18.3 Å². The molecule has 2 rings (SSSR count). The number of rotatable bonds is 1. The Hall–Kier alpha value is -0.600. The topological polar surface area (TPSA) is 33.1 Å². The smallest absolute Gasteiger partial charge is 0.129 e. The lowest BCUT2D eigenvalue weighted by Crippen LogP contribution is -2.36. The van der Waals surface area contributed by atoms with E-state index in [0.29, 0.717) is 5.15 Å². The molecular weight excluding hydrogens is 210 g/mol. The number of hydrogen-bond donors (Lipinski definition) is 1. The van der Waals surface area contributed by atoms with Crippen molar-refractivity contribution in [3.63, 3.8) is 0 Å². The third-order valence-electron chi connectivity index (χ3n) is 3.07. The summed E-state index contributed by atoms with van der Waals surface area (Å²) in [6.45, 7) is 1.89. The summed E-state index contributed by atoms with van der Waals surface area (Å²) in [5.41, 5.74) is 0.345. The molecule has 1 N–H and O–H groups in total. The zero-order chi connectivity index (χ0) is 10.9. The summed E-state index contributed by atoms with van der Waals surface area (Å²) >= 11 is 5.74. The monoisotopic (exact) mass is 224 g/mol. The minimum absolute atomic E-state index is 0.495. The third kappa shape index (κ3) is 2.32. The first kappa shape index (κ1) is 10.9. The fraction of sp³-hybridized carbons (Fsp3) is 0.500. The van der Waals surface area contributed by atoms with Gasteiger partial charge in [-0.15, -0.1) is 0 Å². The molecule has 1 radical (unpaired) electrons. The molecule has 1 atom stereocenters. The molecular formula is C12H15ClNO. The molecule has 1 unspecified atom stereocenters. The molecule has 0 spiro atoms. The van der Waals surface area contributed by atoms with Crippen molar-refractivity contribution in [3.05, 3.63) is 35.0 Å². The first-order valence-electron chi connectivity index (χ1n) is 5.30. The van der Waals surface area contributed by atoms with Gasteiger partial charge in [-0.05, 0) is 31.4 Å². The highest BCUT2D eigenvalue weighted by Crippen LogP contribution is 2.39. The number of aromatic nitrogens is 1. The van der Waals surface area contributed by atoms with Crippen LogP contribution in [-0.4, -0.2) is 15.7 Å². The highest BCUT2D eigenvalue weighted by Gasteiger charge is 2.36. The highest BCUT2D eigenvalue weighted by molar-refractivity contribution is 6.29. The molecule has 1 fully saturated rings. The van der Waals surface area contributed by atoms with E-state index in [1.165, 1.54) is 0 Å². The van der Waals surface area contributed by atoms with E-state index in [2.05, 4.69) is 4.98 Å². The van der Waals surface area contributed by atoms with Gasteiger partial charge < -0.3 is 5.11 Å². The average Bonchev–Trinajstić information content (AvgIpc) is 2.19. The number of hydrogen-bond acceptors (Lipinski definition) is 2. The van der Waals surface area contributed by atoms with E-state index in [-0.39, 0.29) is 0 Å². The Labute approximate surface area is 95.3 Å². The summed E-state index contributed by atoms with van der Waals surface area (Å²) in [7, 11) is 0. The number of pyridine rings is 1. The summed E-state index contributed by atoms with van der Waals surface area (Å²) in [6.07, 6.45) is 5.78. The van der Waals surface area contributed by atoms with Crippen LogP contribution < -0.4 is 0 Å². The molecule has 0 bridgehead atoms. The lowest BCUT2D eigenvalue weighted by atomic mass is 9.73. The molecule has 0 aromatic carbocycles. The van der Waals surface area contributed by atoms with Gasteiger partial charge in [0.1, 0.15) is 5.15 Å². The molecule has 1 saturated carbocycles. The quantitative estimate of drug-likeness (QED) is 0.744. The van der Waals surface area contributed by atoms with Gasteiger partial charge in [-0.1, -0.05) is 30.5 Å². The van der Waals surface area contributed by atoms with Crippen molar-refractivity contribution in [2.24, 2.45) is 0 Å². The molecule has 1 aromatic heterocycles. The van der Waals surface area contributed by atoms with Gasteiger partial charge in [0.05, 0.1) is 5.60 Å². The van der Waals surface area contributed by atoms with Crippen LogP contribution in [0.4, 0.5) is 0 Å². The first-order chi connectivity index (χ1) is 7.09. The Bertz CT molecular complexity index is 334. The molecule has 0 aliphatic heterocycles. The zero-order valence-corrected chi connectivity index (χ0v) is 9.59. The van der Waals surface area contributed by atoms with Crippen LogP contribution in [0.25, 0.3) is 0 Å². The summed E-state index contributed by atoms with van der Waals surface area (Å²) in [4.78, 5) is 4.05. The van der Waals surface area contributed by atoms with Crippen molar-refractivity contribution >= 4 is 11.6 Å². The normalized spacial score (nSPS) is 27.9. The number of halogens is 1. The van der Waals surface area contributed by atoms with E-state index in [9.17, 15) is 5.11 Å². The molecule has 2 nitrogen and oxygen atoms in total. The summed E-state index contributed by atoms with van der Waals surface area (Å²) in [5.74, 6) is 1.10. The molecule has 1 aliphatic carbocycles. The van der Waals surface area contributed by atoms with E-state index in [4.69, 9.17) is 11.6 Å². The summed E-state index contributed by atoms with van der Waals surface area (Å²) < 4.78 is 0. The first-order valence-corrected chi connectivity index (χ1v) is 5.68. The van der Waals surface area contributed by atoms with Crippen LogP contribution in [0.3, 0.4) is 0 Å². The predicted molar refractivity (Wildman–Crippen MR) is 60.7 cm³/mol. The van der Waals surface area contributed by atoms with Crippen LogP contribution in [0.1, 0.15) is 38.2 Å². The summed E-state index contributed by atoms with van der Waals surface area (Å²) in [5, 5.41) is 10.8. The van der Waals surface area contributed by atoms with Crippen molar-refractivity contribution in [2.45, 2.75) is 38.2 Å². The summed E-state index contributed by atoms with van der Waals surface area (Å²) in [6, 6.07) is 3.71. The standard InChI is InChI=1S/C12H15ClNO/c1-12(15)7-3-2-4-10(12)9-5-6-11(13)14-8-9/h5-6,8,15H,2-4,7H2,1H3. The van der Waals surface area contributed by atoms with Crippen molar-refractivity contribution < 1.29 is 5.11 Å². The second-order valence-electron chi connectivity index (χ2n) is 4.33. The van der Waals surface area contributed by atoms with Gasteiger partial charge in [-0.3, -0.25) is 0 Å². The highest BCUT2D eigenvalue weighted by atomic mass is 35.5. The van der Waals surface area contributed by atoms with Gasteiger partial charge in [0.15, 0.2) is 0 Å². The minimum Gasteiger partial charge on any atom is -0.389 e. The molecule has 3 heteroatoms. The van der Waals surface area contributed by atoms with Crippen LogP contribution in [-0.2, 0) is 0 Å². The number of aliphatic hydroxyl groups is 1. The minimum atomic E-state index is -0.673. The zero-order valence-electron chi connectivity index (χ0n) is 8.83. The van der Waals surface area contributed by atoms with Crippen LogP contribution in [0.2, 0.25) is 5.15 Å². The van der Waals surface area contributed by atoms with Gasteiger partial charge in [-0.2, -0.15) is 0 Å². The Morgan fingerprint density at radius 1 is 1.40 bits per heavy atom. The van der Waals surface area contributed by atoms with Gasteiger partial charge in [0, 0.05) is 12.1 Å². The molecule has 1 aromatic rings. The maximum absolute atomic E-state index is 10.3. The Balaban J connectivity index is 2.25. The van der Waals surface area contributed by atoms with E-state index in [1.54, 1.807) is 12.3 Å². The van der Waals surface area contributed by atoms with Gasteiger partial charge in [0.25, 0.3) is 0 Å². The average molecular weight is 225 g/mol. The lowest BCUT2D eigenvalue weighted by Gasteiger charge is -2.36. The van der Waals surface area contributed by atoms with Gasteiger partial charge >= 0.3 is 0 Å². The van der Waals surface area contributed by atoms with Crippen molar-refractivity contribution in [1.29, 1.82) is 0 Å². The SMILES string of the molecule is CC1(O)CCCC[C]1c1ccc(Cl)nc1. The van der Waals surface area contributed by atoms with E-state index in [0.717, 1.165) is 37.2 Å². The molecule has 81 valence electrons. The largest absolute Gasteiger partial charge is 0.389 e. The van der Waals surface area contributed by atoms with E-state index in [1.807, 2.05) is 13.0 Å². The molecule has 1 aliphatic rings. The van der Waals surface area contributed by atoms with Crippen molar-refractivity contribution in [3.8, 4) is 0 Å². The molecule has 15 heavy (non-hydrogen) atoms. The van der Waals surface area contributed by atoms with E-state index < -0.39 is 5.60 Å². The fourth-order valence-corrected chi connectivity index (χ4v) is 2.31. The fourth-order valence-electron chi connectivity index (χ4n) is 2.20. The maximum atomic E-state index is 10.3. The molecule has 0 amide bonds. The van der Waals surface area contributed by atoms with Crippen LogP contribution in [0, 0.1) is 5.92 Å². The Kier molecular flexibility index (Phi) is 2.98. The maximum Gasteiger partial charge on any atom is 0.129 e. The predicted octanol–water partition coefficient (Wildman–Crippen LogP) is 2.98.